The predicted molar refractivity (Wildman–Crippen MR) is 135 cm³/mol. The topological polar surface area (TPSA) is 64.6 Å². The lowest BCUT2D eigenvalue weighted by Gasteiger charge is -2.39. The van der Waals surface area contributed by atoms with E-state index in [-0.39, 0.29) is 17.8 Å². The number of dihydropyridines is 1. The molecule has 1 N–H and O–H groups in total. The third-order valence-corrected chi connectivity index (χ3v) is 6.80. The molecular weight excluding hydrogens is 494 g/mol. The molecule has 2 aliphatic rings. The summed E-state index contributed by atoms with van der Waals surface area (Å²) in [6.45, 7) is 8.60. The van der Waals surface area contributed by atoms with Crippen LogP contribution in [0.25, 0.3) is 0 Å². The van der Waals surface area contributed by atoms with Gasteiger partial charge in [-0.15, -0.1) is 0 Å². The minimum Gasteiger partial charge on any atom is -0.489 e. The van der Waals surface area contributed by atoms with Gasteiger partial charge in [-0.25, -0.2) is 4.79 Å². The second kappa shape index (κ2) is 9.79. The van der Waals surface area contributed by atoms with Gasteiger partial charge in [0.25, 0.3) is 0 Å². The maximum absolute atomic E-state index is 13.3. The SMILES string of the molecule is CCOC(=O)C1=C(C)NC2=C(C(=O)CC(C)(C)C2)C1c1ccc(OCc2ccc(Br)cc2)cc1. The Hall–Kier alpha value is -2.86. The minimum absolute atomic E-state index is 0.0774. The number of nitrogens with one attached hydrogen (secondary N) is 1. The van der Waals surface area contributed by atoms with Crippen molar-refractivity contribution < 1.29 is 19.1 Å². The maximum atomic E-state index is 13.3. The molecule has 0 radical (unpaired) electrons. The van der Waals surface area contributed by atoms with Gasteiger partial charge in [0.2, 0.25) is 0 Å². The number of halogens is 1. The van der Waals surface area contributed by atoms with E-state index in [0.717, 1.165) is 39.2 Å². The monoisotopic (exact) mass is 523 g/mol. The molecule has 0 saturated carbocycles. The van der Waals surface area contributed by atoms with E-state index in [9.17, 15) is 9.59 Å². The summed E-state index contributed by atoms with van der Waals surface area (Å²) in [4.78, 5) is 26.3. The van der Waals surface area contributed by atoms with E-state index in [4.69, 9.17) is 9.47 Å². The summed E-state index contributed by atoms with van der Waals surface area (Å²) in [7, 11) is 0. The van der Waals surface area contributed by atoms with Crippen LogP contribution in [-0.2, 0) is 20.9 Å². The Balaban J connectivity index is 1.65. The zero-order chi connectivity index (χ0) is 24.5. The van der Waals surface area contributed by atoms with Crippen LogP contribution in [0, 0.1) is 5.41 Å². The molecule has 1 aliphatic carbocycles. The number of hydrogen-bond donors (Lipinski definition) is 1. The molecule has 34 heavy (non-hydrogen) atoms. The number of allylic oxidation sites excluding steroid dienone is 3. The summed E-state index contributed by atoms with van der Waals surface area (Å²) in [5.74, 6) is -0.0467. The summed E-state index contributed by atoms with van der Waals surface area (Å²) >= 11 is 3.44. The van der Waals surface area contributed by atoms with Crippen molar-refractivity contribution >= 4 is 27.7 Å². The van der Waals surface area contributed by atoms with E-state index in [1.54, 1.807) is 6.92 Å². The maximum Gasteiger partial charge on any atom is 0.336 e. The molecule has 0 bridgehead atoms. The fraction of sp³-hybridized carbons (Fsp3) is 0.357. The number of ether oxygens (including phenoxy) is 2. The summed E-state index contributed by atoms with van der Waals surface area (Å²) in [6.07, 6.45) is 1.21. The molecule has 4 rings (SSSR count). The molecule has 1 unspecified atom stereocenters. The normalized spacial score (nSPS) is 19.4. The summed E-state index contributed by atoms with van der Waals surface area (Å²) < 4.78 is 12.4. The number of rotatable bonds is 6. The van der Waals surface area contributed by atoms with E-state index >= 15 is 0 Å². The molecule has 1 aliphatic heterocycles. The fourth-order valence-electron chi connectivity index (χ4n) is 4.75. The van der Waals surface area contributed by atoms with E-state index in [1.807, 2.05) is 55.5 Å². The number of carbonyl (C=O) groups excluding carboxylic acids is 2. The average Bonchev–Trinajstić information content (AvgIpc) is 2.77. The summed E-state index contributed by atoms with van der Waals surface area (Å²) in [5, 5.41) is 3.36. The van der Waals surface area contributed by atoms with Gasteiger partial charge in [0, 0.05) is 33.8 Å². The van der Waals surface area contributed by atoms with Gasteiger partial charge in [0.05, 0.1) is 12.2 Å². The van der Waals surface area contributed by atoms with Crippen LogP contribution in [0.2, 0.25) is 0 Å². The zero-order valence-corrected chi connectivity index (χ0v) is 21.6. The van der Waals surface area contributed by atoms with E-state index in [1.165, 1.54) is 0 Å². The van der Waals surface area contributed by atoms with E-state index in [2.05, 4.69) is 35.1 Å². The molecule has 0 aromatic heterocycles. The molecule has 178 valence electrons. The summed E-state index contributed by atoms with van der Waals surface area (Å²) in [6, 6.07) is 15.7. The van der Waals surface area contributed by atoms with Crippen LogP contribution in [0.3, 0.4) is 0 Å². The van der Waals surface area contributed by atoms with Crippen LogP contribution in [0.4, 0.5) is 0 Å². The number of hydrogen-bond acceptors (Lipinski definition) is 5. The van der Waals surface area contributed by atoms with Gasteiger partial charge in [-0.05, 0) is 61.1 Å². The number of esters is 1. The minimum atomic E-state index is -0.459. The molecule has 6 heteroatoms. The van der Waals surface area contributed by atoms with Crippen molar-refractivity contribution in [3.05, 3.63) is 86.7 Å². The second-order valence-corrected chi connectivity index (χ2v) is 10.6. The quantitative estimate of drug-likeness (QED) is 0.457. The van der Waals surface area contributed by atoms with Crippen LogP contribution in [0.5, 0.6) is 5.75 Å². The van der Waals surface area contributed by atoms with Gasteiger partial charge < -0.3 is 14.8 Å². The first kappa shape index (κ1) is 24.3. The second-order valence-electron chi connectivity index (χ2n) is 9.63. The van der Waals surface area contributed by atoms with E-state index in [0.29, 0.717) is 24.2 Å². The van der Waals surface area contributed by atoms with Crippen molar-refractivity contribution in [2.45, 2.75) is 53.1 Å². The molecule has 1 heterocycles. The zero-order valence-electron chi connectivity index (χ0n) is 20.0. The fourth-order valence-corrected chi connectivity index (χ4v) is 5.02. The first-order valence-electron chi connectivity index (χ1n) is 11.6. The highest BCUT2D eigenvalue weighted by Crippen LogP contribution is 2.47. The molecule has 0 amide bonds. The number of Topliss-reactive ketones (excluding diaryl/α,β-unsaturated/α-hetero) is 1. The van der Waals surface area contributed by atoms with Crippen molar-refractivity contribution in [1.29, 1.82) is 0 Å². The number of benzene rings is 2. The lowest BCUT2D eigenvalue weighted by atomic mass is 9.68. The Morgan fingerprint density at radius 1 is 1.09 bits per heavy atom. The van der Waals surface area contributed by atoms with Crippen LogP contribution in [-0.4, -0.2) is 18.4 Å². The Kier molecular flexibility index (Phi) is 6.99. The van der Waals surface area contributed by atoms with Crippen molar-refractivity contribution in [2.24, 2.45) is 5.41 Å². The smallest absolute Gasteiger partial charge is 0.336 e. The summed E-state index contributed by atoms with van der Waals surface area (Å²) in [5.41, 5.74) is 4.64. The molecule has 5 nitrogen and oxygen atoms in total. The van der Waals surface area contributed by atoms with Crippen LogP contribution in [0.1, 0.15) is 57.6 Å². The highest BCUT2D eigenvalue weighted by atomic mass is 79.9. The third kappa shape index (κ3) is 5.12. The Morgan fingerprint density at radius 3 is 2.41 bits per heavy atom. The molecule has 2 aromatic carbocycles. The Labute approximate surface area is 209 Å². The van der Waals surface area contributed by atoms with Gasteiger partial charge in [0.1, 0.15) is 12.4 Å². The first-order valence-corrected chi connectivity index (χ1v) is 12.4. The van der Waals surface area contributed by atoms with Gasteiger partial charge >= 0.3 is 5.97 Å². The molecule has 2 aromatic rings. The van der Waals surface area contributed by atoms with Crippen molar-refractivity contribution in [1.82, 2.24) is 5.32 Å². The van der Waals surface area contributed by atoms with Crippen LogP contribution < -0.4 is 10.1 Å². The van der Waals surface area contributed by atoms with Crippen molar-refractivity contribution in [2.75, 3.05) is 6.61 Å². The van der Waals surface area contributed by atoms with Crippen LogP contribution >= 0.6 is 15.9 Å². The lowest BCUT2D eigenvalue weighted by Crippen LogP contribution is -2.38. The molecule has 0 spiro atoms. The van der Waals surface area contributed by atoms with Gasteiger partial charge in [-0.2, -0.15) is 0 Å². The predicted octanol–water partition coefficient (Wildman–Crippen LogP) is 6.20. The van der Waals surface area contributed by atoms with Gasteiger partial charge in [-0.1, -0.05) is 54.0 Å². The van der Waals surface area contributed by atoms with E-state index < -0.39 is 11.9 Å². The number of ketones is 1. The third-order valence-electron chi connectivity index (χ3n) is 6.27. The molecule has 0 fully saturated rings. The highest BCUT2D eigenvalue weighted by molar-refractivity contribution is 9.10. The lowest BCUT2D eigenvalue weighted by molar-refractivity contribution is -0.138. The number of carbonyl (C=O) groups is 2. The van der Waals surface area contributed by atoms with Crippen LogP contribution in [0.15, 0.2) is 75.5 Å². The first-order chi connectivity index (χ1) is 16.2. The van der Waals surface area contributed by atoms with Crippen molar-refractivity contribution in [3.8, 4) is 5.75 Å². The largest absolute Gasteiger partial charge is 0.489 e. The molecule has 0 saturated heterocycles. The Bertz CT molecular complexity index is 1160. The van der Waals surface area contributed by atoms with Gasteiger partial charge in [-0.3, -0.25) is 4.79 Å². The highest BCUT2D eigenvalue weighted by Gasteiger charge is 2.43. The molecule has 1 atom stereocenters. The molecular formula is C28H30BrNO4. The van der Waals surface area contributed by atoms with Crippen molar-refractivity contribution in [3.63, 3.8) is 0 Å². The van der Waals surface area contributed by atoms with Gasteiger partial charge in [0.15, 0.2) is 5.78 Å². The standard InChI is InChI=1S/C28H30BrNO4/c1-5-33-27(32)24-17(2)30-22-14-28(3,4)15-23(31)26(22)25(24)19-8-12-21(13-9-19)34-16-18-6-10-20(29)11-7-18/h6-13,25,30H,5,14-16H2,1-4H3. The Morgan fingerprint density at radius 2 is 1.76 bits per heavy atom. The average molecular weight is 524 g/mol.